The molecule has 0 radical (unpaired) electrons. The normalized spacial score (nSPS) is 20.2. The van der Waals surface area contributed by atoms with Crippen molar-refractivity contribution in [1.29, 1.82) is 5.26 Å². The predicted molar refractivity (Wildman–Crippen MR) is 65.7 cm³/mol. The monoisotopic (exact) mass is 249 g/mol. The van der Waals surface area contributed by atoms with E-state index in [-0.39, 0.29) is 5.91 Å². The van der Waals surface area contributed by atoms with E-state index in [1.54, 1.807) is 23.1 Å². The molecule has 0 spiro atoms. The van der Waals surface area contributed by atoms with Gasteiger partial charge < -0.3 is 10.6 Å². The second-order valence-corrected chi connectivity index (χ2v) is 4.45. The number of halogens is 1. The minimum Gasteiger partial charge on any atom is -0.320 e. The van der Waals surface area contributed by atoms with Crippen LogP contribution in [-0.2, 0) is 4.79 Å². The van der Waals surface area contributed by atoms with Crippen LogP contribution in [0.5, 0.6) is 0 Å². The Labute approximate surface area is 105 Å². The summed E-state index contributed by atoms with van der Waals surface area (Å²) in [5.74, 6) is -0.144. The van der Waals surface area contributed by atoms with Gasteiger partial charge in [-0.3, -0.25) is 4.79 Å². The Hall–Kier alpha value is -1.57. The van der Waals surface area contributed by atoms with Gasteiger partial charge >= 0.3 is 0 Å². The summed E-state index contributed by atoms with van der Waals surface area (Å²) in [4.78, 5) is 13.5. The lowest BCUT2D eigenvalue weighted by Gasteiger charge is -2.31. The van der Waals surface area contributed by atoms with Crippen molar-refractivity contribution in [3.63, 3.8) is 0 Å². The number of nitrogens with zero attached hydrogens (tertiary/aromatic N) is 2. The molecule has 4 nitrogen and oxygen atoms in total. The van der Waals surface area contributed by atoms with Crippen LogP contribution in [0.2, 0.25) is 5.02 Å². The molecule has 2 N–H and O–H groups in total. The lowest BCUT2D eigenvalue weighted by atomic mass is 10.0. The molecule has 1 heterocycles. The van der Waals surface area contributed by atoms with Crippen LogP contribution in [-0.4, -0.2) is 18.5 Å². The SMILES string of the molecule is N#Cc1ccc(Cl)cc1N1CCCC(N)C1=O. The van der Waals surface area contributed by atoms with Gasteiger partial charge in [0, 0.05) is 11.6 Å². The number of rotatable bonds is 1. The molecule has 0 bridgehead atoms. The van der Waals surface area contributed by atoms with Crippen molar-refractivity contribution < 1.29 is 4.79 Å². The summed E-state index contributed by atoms with van der Waals surface area (Å²) >= 11 is 5.90. The third kappa shape index (κ3) is 2.26. The summed E-state index contributed by atoms with van der Waals surface area (Å²) in [6.07, 6.45) is 1.53. The molecule has 1 aliphatic rings. The summed E-state index contributed by atoms with van der Waals surface area (Å²) in [6.45, 7) is 0.585. The Balaban J connectivity index is 2.42. The number of benzene rings is 1. The first-order valence-electron chi connectivity index (χ1n) is 5.40. The molecule has 1 atom stereocenters. The molecule has 1 aliphatic heterocycles. The second-order valence-electron chi connectivity index (χ2n) is 4.01. The number of amides is 1. The molecule has 0 saturated carbocycles. The standard InChI is InChI=1S/C12H12ClN3O/c13-9-4-3-8(7-14)11(6-9)16-5-1-2-10(15)12(16)17/h3-4,6,10H,1-2,5,15H2. The lowest BCUT2D eigenvalue weighted by molar-refractivity contribution is -0.120. The molecule has 0 aromatic heterocycles. The fraction of sp³-hybridized carbons (Fsp3) is 0.333. The number of piperidine rings is 1. The zero-order valence-electron chi connectivity index (χ0n) is 9.19. The summed E-state index contributed by atoms with van der Waals surface area (Å²) < 4.78 is 0. The van der Waals surface area contributed by atoms with Crippen molar-refractivity contribution >= 4 is 23.2 Å². The molecule has 17 heavy (non-hydrogen) atoms. The zero-order valence-corrected chi connectivity index (χ0v) is 9.94. The molecule has 1 amide bonds. The summed E-state index contributed by atoms with van der Waals surface area (Å²) in [5.41, 5.74) is 6.73. The first kappa shape index (κ1) is 11.9. The highest BCUT2D eigenvalue weighted by atomic mass is 35.5. The van der Waals surface area contributed by atoms with E-state index in [0.717, 1.165) is 6.42 Å². The van der Waals surface area contributed by atoms with E-state index >= 15 is 0 Å². The topological polar surface area (TPSA) is 70.1 Å². The van der Waals surface area contributed by atoms with Crippen molar-refractivity contribution in [3.05, 3.63) is 28.8 Å². The highest BCUT2D eigenvalue weighted by Gasteiger charge is 2.28. The highest BCUT2D eigenvalue weighted by Crippen LogP contribution is 2.27. The molecule has 1 unspecified atom stereocenters. The van der Waals surface area contributed by atoms with Crippen LogP contribution in [0.25, 0.3) is 0 Å². The fourth-order valence-corrected chi connectivity index (χ4v) is 2.13. The molecule has 0 aliphatic carbocycles. The van der Waals surface area contributed by atoms with Gasteiger partial charge in [-0.05, 0) is 31.0 Å². The van der Waals surface area contributed by atoms with Gasteiger partial charge in [-0.15, -0.1) is 0 Å². The average Bonchev–Trinajstić information content (AvgIpc) is 2.33. The Morgan fingerprint density at radius 1 is 1.53 bits per heavy atom. The third-order valence-electron chi connectivity index (χ3n) is 2.85. The summed E-state index contributed by atoms with van der Waals surface area (Å²) in [7, 11) is 0. The minimum atomic E-state index is -0.478. The van der Waals surface area contributed by atoms with Gasteiger partial charge in [0.15, 0.2) is 0 Å². The number of anilines is 1. The predicted octanol–water partition coefficient (Wildman–Crippen LogP) is 1.67. The summed E-state index contributed by atoms with van der Waals surface area (Å²) in [6, 6.07) is 6.47. The molecular formula is C12H12ClN3O. The molecule has 1 aromatic rings. The van der Waals surface area contributed by atoms with Crippen LogP contribution in [0, 0.1) is 11.3 Å². The van der Waals surface area contributed by atoms with Crippen molar-refractivity contribution in [1.82, 2.24) is 0 Å². The van der Waals surface area contributed by atoms with Crippen LogP contribution < -0.4 is 10.6 Å². The maximum Gasteiger partial charge on any atom is 0.243 e. The van der Waals surface area contributed by atoms with Crippen molar-refractivity contribution in [3.8, 4) is 6.07 Å². The minimum absolute atomic E-state index is 0.144. The molecule has 2 rings (SSSR count). The van der Waals surface area contributed by atoms with Crippen molar-refractivity contribution in [2.75, 3.05) is 11.4 Å². The number of hydrogen-bond donors (Lipinski definition) is 1. The van der Waals surface area contributed by atoms with Gasteiger partial charge in [-0.1, -0.05) is 11.6 Å². The van der Waals surface area contributed by atoms with E-state index in [1.807, 2.05) is 0 Å². The molecule has 5 heteroatoms. The van der Waals surface area contributed by atoms with Gasteiger partial charge in [0.25, 0.3) is 0 Å². The number of hydrogen-bond acceptors (Lipinski definition) is 3. The third-order valence-corrected chi connectivity index (χ3v) is 3.09. The van der Waals surface area contributed by atoms with Crippen LogP contribution in [0.15, 0.2) is 18.2 Å². The fourth-order valence-electron chi connectivity index (χ4n) is 1.96. The molecule has 1 saturated heterocycles. The molecule has 1 fully saturated rings. The maximum atomic E-state index is 12.0. The number of nitriles is 1. The zero-order chi connectivity index (χ0) is 12.4. The van der Waals surface area contributed by atoms with E-state index in [4.69, 9.17) is 22.6 Å². The van der Waals surface area contributed by atoms with Crippen molar-refractivity contribution in [2.45, 2.75) is 18.9 Å². The number of carbonyl (C=O) groups is 1. The van der Waals surface area contributed by atoms with Gasteiger partial charge in [0.05, 0.1) is 17.3 Å². The van der Waals surface area contributed by atoms with Crippen molar-refractivity contribution in [2.24, 2.45) is 5.73 Å². The summed E-state index contributed by atoms with van der Waals surface area (Å²) in [5, 5.41) is 9.54. The van der Waals surface area contributed by atoms with Gasteiger partial charge in [0.2, 0.25) is 5.91 Å². The van der Waals surface area contributed by atoms with Crippen LogP contribution in [0.3, 0.4) is 0 Å². The molecule has 1 aromatic carbocycles. The maximum absolute atomic E-state index is 12.0. The van der Waals surface area contributed by atoms with Crippen LogP contribution in [0.1, 0.15) is 18.4 Å². The van der Waals surface area contributed by atoms with Crippen LogP contribution in [0.4, 0.5) is 5.69 Å². The van der Waals surface area contributed by atoms with Gasteiger partial charge in [0.1, 0.15) is 6.07 Å². The van der Waals surface area contributed by atoms with E-state index in [1.165, 1.54) is 0 Å². The number of carbonyl (C=O) groups excluding carboxylic acids is 1. The Morgan fingerprint density at radius 2 is 2.29 bits per heavy atom. The second kappa shape index (κ2) is 4.74. The van der Waals surface area contributed by atoms with Gasteiger partial charge in [-0.25, -0.2) is 0 Å². The van der Waals surface area contributed by atoms with E-state index in [2.05, 4.69) is 6.07 Å². The van der Waals surface area contributed by atoms with Crippen LogP contribution >= 0.6 is 11.6 Å². The first-order chi connectivity index (χ1) is 8.13. The first-order valence-corrected chi connectivity index (χ1v) is 5.78. The quantitative estimate of drug-likeness (QED) is 0.823. The molecule has 88 valence electrons. The average molecular weight is 250 g/mol. The number of nitrogens with two attached hydrogens (primary N) is 1. The smallest absolute Gasteiger partial charge is 0.243 e. The largest absolute Gasteiger partial charge is 0.320 e. The van der Waals surface area contributed by atoms with E-state index in [0.29, 0.717) is 29.2 Å². The van der Waals surface area contributed by atoms with E-state index < -0.39 is 6.04 Å². The Kier molecular flexibility index (Phi) is 3.32. The highest BCUT2D eigenvalue weighted by molar-refractivity contribution is 6.31. The Bertz CT molecular complexity index is 495. The van der Waals surface area contributed by atoms with E-state index in [9.17, 15) is 4.79 Å². The van der Waals surface area contributed by atoms with Gasteiger partial charge in [-0.2, -0.15) is 5.26 Å². The lowest BCUT2D eigenvalue weighted by Crippen LogP contribution is -2.48. The molecular weight excluding hydrogens is 238 g/mol. The Morgan fingerprint density at radius 3 is 3.00 bits per heavy atom.